The third kappa shape index (κ3) is 3.78. The molecule has 2 aliphatic carbocycles. The minimum absolute atomic E-state index is 0.187. The maximum absolute atomic E-state index is 13.8. The number of esters is 2. The molecule has 0 unspecified atom stereocenters. The summed E-state index contributed by atoms with van der Waals surface area (Å²) in [5, 5.41) is 3.67. The van der Waals surface area contributed by atoms with E-state index in [0.717, 1.165) is 46.5 Å². The molecule has 1 spiro atoms. The van der Waals surface area contributed by atoms with Crippen LogP contribution in [0.4, 0.5) is 0 Å². The van der Waals surface area contributed by atoms with Crippen molar-refractivity contribution in [2.45, 2.75) is 36.5 Å². The first-order valence-corrected chi connectivity index (χ1v) is 15.6. The van der Waals surface area contributed by atoms with Gasteiger partial charge >= 0.3 is 11.9 Å². The maximum Gasteiger partial charge on any atom is 0.344 e. The number of carbonyl (C=O) groups is 2. The Labute approximate surface area is 260 Å². The third-order valence-electron chi connectivity index (χ3n) is 10.6. The van der Waals surface area contributed by atoms with Crippen molar-refractivity contribution in [3.63, 3.8) is 0 Å². The van der Waals surface area contributed by atoms with Crippen LogP contribution in [0, 0.1) is 5.92 Å². The molecule has 0 saturated carbocycles. The number of likely N-dealkylation sites (N-methyl/N-ethyl adjacent to an activating group) is 1. The van der Waals surface area contributed by atoms with E-state index in [0.29, 0.717) is 28.7 Å². The second-order valence-corrected chi connectivity index (χ2v) is 12.7. The molecule has 5 aromatic carbocycles. The smallest absolute Gasteiger partial charge is 0.344 e. The Morgan fingerprint density at radius 1 is 0.800 bits per heavy atom. The number of hydrogen-bond acceptors (Lipinski definition) is 6. The molecule has 2 bridgehead atoms. The van der Waals surface area contributed by atoms with E-state index >= 15 is 0 Å². The van der Waals surface area contributed by atoms with E-state index in [2.05, 4.69) is 24.1 Å². The minimum atomic E-state index is -0.600. The van der Waals surface area contributed by atoms with Crippen LogP contribution in [0.3, 0.4) is 0 Å². The van der Waals surface area contributed by atoms with Crippen molar-refractivity contribution in [3.05, 3.63) is 131 Å². The Morgan fingerprint density at radius 2 is 1.47 bits per heavy atom. The Kier molecular flexibility index (Phi) is 5.75. The largest absolute Gasteiger partial charge is 0.481 e. The summed E-state index contributed by atoms with van der Waals surface area (Å²) in [5.41, 5.74) is 2.97. The lowest BCUT2D eigenvalue weighted by Crippen LogP contribution is -2.65. The molecule has 1 fully saturated rings. The number of fused-ring (bicyclic) bond motifs is 2. The molecule has 5 atom stereocenters. The van der Waals surface area contributed by atoms with Gasteiger partial charge in [0.05, 0.1) is 11.1 Å². The molecule has 45 heavy (non-hydrogen) atoms. The fraction of sp³-hybridized carbons (Fsp3) is 0.231. The summed E-state index contributed by atoms with van der Waals surface area (Å²) >= 11 is 0. The highest BCUT2D eigenvalue weighted by Crippen LogP contribution is 2.63. The van der Waals surface area contributed by atoms with Crippen LogP contribution in [0.25, 0.3) is 21.5 Å². The molecule has 6 nitrogen and oxygen atoms in total. The summed E-state index contributed by atoms with van der Waals surface area (Å²) in [6, 6.07) is 31.3. The Morgan fingerprint density at radius 3 is 2.20 bits per heavy atom. The second kappa shape index (κ2) is 9.78. The Bertz CT molecular complexity index is 2070. The number of benzene rings is 5. The standard InChI is InChI=1S/C39H31NO5/c1-40-21-20-39-30-17-19-33(44-38(42)29-15-7-11-24-9-3-5-13-27(24)29)36(39)45-35-32(18-16-25(34(35)39)22-31(30)40)43-37(41)28-14-6-10-23-8-2-4-12-26(23)28/h2-19,30-31,33,36H,20-22H2,1H3/t30-,31+,33-,36-,39-/m0/s1. The van der Waals surface area contributed by atoms with Crippen LogP contribution in [0.15, 0.2) is 109 Å². The average molecular weight is 594 g/mol. The number of carbonyl (C=O) groups excluding carboxylic acids is 2. The zero-order chi connectivity index (χ0) is 30.3. The highest BCUT2D eigenvalue weighted by atomic mass is 16.6. The van der Waals surface area contributed by atoms with Gasteiger partial charge in [-0.05, 0) is 77.8 Å². The molecule has 2 heterocycles. The van der Waals surface area contributed by atoms with Crippen molar-refractivity contribution < 1.29 is 23.8 Å². The van der Waals surface area contributed by atoms with Gasteiger partial charge in [-0.1, -0.05) is 84.9 Å². The molecule has 222 valence electrons. The van der Waals surface area contributed by atoms with Gasteiger partial charge in [-0.2, -0.15) is 0 Å². The van der Waals surface area contributed by atoms with E-state index in [1.54, 1.807) is 6.07 Å². The van der Waals surface area contributed by atoms with Crippen molar-refractivity contribution >= 4 is 33.5 Å². The van der Waals surface area contributed by atoms with Gasteiger partial charge in [-0.15, -0.1) is 0 Å². The van der Waals surface area contributed by atoms with Crippen LogP contribution in [0.5, 0.6) is 11.5 Å². The minimum Gasteiger partial charge on any atom is -0.481 e. The number of nitrogens with zero attached hydrogens (tertiary/aromatic N) is 1. The number of rotatable bonds is 4. The van der Waals surface area contributed by atoms with Gasteiger partial charge in [0.25, 0.3) is 0 Å². The van der Waals surface area contributed by atoms with Crippen molar-refractivity contribution in [2.24, 2.45) is 5.92 Å². The van der Waals surface area contributed by atoms with Gasteiger partial charge in [-0.25, -0.2) is 9.59 Å². The molecule has 4 aliphatic rings. The average Bonchev–Trinajstić information content (AvgIpc) is 3.43. The lowest BCUT2D eigenvalue weighted by Gasteiger charge is -2.56. The van der Waals surface area contributed by atoms with Crippen LogP contribution < -0.4 is 9.47 Å². The lowest BCUT2D eigenvalue weighted by molar-refractivity contribution is -0.0554. The molecule has 0 N–H and O–H groups in total. The molecule has 0 radical (unpaired) electrons. The zero-order valence-electron chi connectivity index (χ0n) is 24.8. The number of ether oxygens (including phenoxy) is 3. The summed E-state index contributed by atoms with van der Waals surface area (Å²) in [7, 11) is 2.19. The summed E-state index contributed by atoms with van der Waals surface area (Å²) in [6.45, 7) is 0.901. The van der Waals surface area contributed by atoms with E-state index < -0.39 is 18.2 Å². The highest BCUT2D eigenvalue weighted by Gasteiger charge is 2.65. The molecule has 0 aromatic heterocycles. The first-order chi connectivity index (χ1) is 22.0. The predicted octanol–water partition coefficient (Wildman–Crippen LogP) is 6.88. The van der Waals surface area contributed by atoms with E-state index in [1.165, 1.54) is 5.56 Å². The molecule has 6 heteroatoms. The fourth-order valence-electron chi connectivity index (χ4n) is 8.54. The van der Waals surface area contributed by atoms with Crippen molar-refractivity contribution in [1.82, 2.24) is 4.90 Å². The van der Waals surface area contributed by atoms with Crippen LogP contribution in [0.2, 0.25) is 0 Å². The molecular weight excluding hydrogens is 562 g/mol. The van der Waals surface area contributed by atoms with Gasteiger partial charge in [0.1, 0.15) is 6.10 Å². The van der Waals surface area contributed by atoms with E-state index in [4.69, 9.17) is 14.2 Å². The summed E-state index contributed by atoms with van der Waals surface area (Å²) in [4.78, 5) is 29.9. The SMILES string of the molecule is CN1CC[C@]23c4c5ccc(OC(=O)c6cccc7ccccc67)c4O[C@H]2[C@@H](OC(=O)c2cccc4ccccc24)C=C[C@H]3[C@H]1C5. The molecular formula is C39H31NO5. The topological polar surface area (TPSA) is 65.1 Å². The molecule has 5 aromatic rings. The van der Waals surface area contributed by atoms with Crippen molar-refractivity contribution in [2.75, 3.05) is 13.6 Å². The van der Waals surface area contributed by atoms with E-state index in [-0.39, 0.29) is 17.3 Å². The normalized spacial score (nSPS) is 25.9. The van der Waals surface area contributed by atoms with Crippen LogP contribution in [-0.2, 0) is 16.6 Å². The first-order valence-electron chi connectivity index (χ1n) is 15.6. The van der Waals surface area contributed by atoms with Crippen molar-refractivity contribution in [3.8, 4) is 11.5 Å². The quantitative estimate of drug-likeness (QED) is 0.129. The number of likely N-dealkylation sites (tertiary alicyclic amines) is 1. The summed E-state index contributed by atoms with van der Waals surface area (Å²) < 4.78 is 19.4. The highest BCUT2D eigenvalue weighted by molar-refractivity contribution is 6.06. The monoisotopic (exact) mass is 593 g/mol. The number of piperidine rings is 1. The third-order valence-corrected chi connectivity index (χ3v) is 10.6. The van der Waals surface area contributed by atoms with Gasteiger partial charge in [0, 0.05) is 22.9 Å². The Hall–Kier alpha value is -4.94. The lowest BCUT2D eigenvalue weighted by atomic mass is 9.53. The van der Waals surface area contributed by atoms with Gasteiger partial charge in [0.15, 0.2) is 17.6 Å². The molecule has 0 amide bonds. The molecule has 9 rings (SSSR count). The van der Waals surface area contributed by atoms with Crippen molar-refractivity contribution in [1.29, 1.82) is 0 Å². The molecule has 1 saturated heterocycles. The predicted molar refractivity (Wildman–Crippen MR) is 172 cm³/mol. The number of hydrogen-bond donors (Lipinski definition) is 0. The van der Waals surface area contributed by atoms with Gasteiger partial charge in [-0.3, -0.25) is 0 Å². The van der Waals surface area contributed by atoms with Crippen LogP contribution >= 0.6 is 0 Å². The Balaban J connectivity index is 1.11. The van der Waals surface area contributed by atoms with Crippen LogP contribution in [-0.4, -0.2) is 48.7 Å². The summed E-state index contributed by atoms with van der Waals surface area (Å²) in [6.07, 6.45) is 4.95. The second-order valence-electron chi connectivity index (χ2n) is 12.7. The first kappa shape index (κ1) is 26.5. The zero-order valence-corrected chi connectivity index (χ0v) is 24.8. The van der Waals surface area contributed by atoms with Crippen LogP contribution in [0.1, 0.15) is 38.3 Å². The maximum atomic E-state index is 13.8. The fourth-order valence-corrected chi connectivity index (χ4v) is 8.54. The van der Waals surface area contributed by atoms with Gasteiger partial charge < -0.3 is 19.1 Å². The molecule has 2 aliphatic heterocycles. The van der Waals surface area contributed by atoms with Gasteiger partial charge in [0.2, 0.25) is 0 Å². The van der Waals surface area contributed by atoms with E-state index in [1.807, 2.05) is 91.0 Å². The van der Waals surface area contributed by atoms with E-state index in [9.17, 15) is 9.59 Å². The summed E-state index contributed by atoms with van der Waals surface area (Å²) in [5.74, 6) is 0.398.